The Morgan fingerprint density at radius 1 is 0.917 bits per heavy atom. The summed E-state index contributed by atoms with van der Waals surface area (Å²) < 4.78 is 0. The summed E-state index contributed by atoms with van der Waals surface area (Å²) in [5.41, 5.74) is 5.52. The third-order valence-corrected chi connectivity index (χ3v) is 1.13. The summed E-state index contributed by atoms with van der Waals surface area (Å²) in [7, 11) is 0.258. The minimum atomic E-state index is 0.258. The predicted molar refractivity (Wildman–Crippen MR) is 53.9 cm³/mol. The third kappa shape index (κ3) is 8.23. The third-order valence-electron chi connectivity index (χ3n) is 0.635. The second kappa shape index (κ2) is 9.23. The quantitative estimate of drug-likeness (QED) is 0.377. The molecule has 0 aliphatic heterocycles. The fraction of sp³-hybridized carbons (Fsp3) is 0.0909. The van der Waals surface area contributed by atoms with Crippen molar-refractivity contribution >= 4 is 8.58 Å². The highest BCUT2D eigenvalue weighted by molar-refractivity contribution is 7.49. The lowest BCUT2D eigenvalue weighted by Crippen LogP contribution is -1.48. The van der Waals surface area contributed by atoms with Crippen LogP contribution in [-0.2, 0) is 0 Å². The Morgan fingerprint density at radius 2 is 1.58 bits per heavy atom. The Labute approximate surface area is 75.3 Å². The summed E-state index contributed by atoms with van der Waals surface area (Å²) in [6, 6.07) is 0. The molecule has 0 N–H and O–H groups in total. The van der Waals surface area contributed by atoms with Crippen molar-refractivity contribution in [2.24, 2.45) is 0 Å². The van der Waals surface area contributed by atoms with E-state index in [0.29, 0.717) is 0 Å². The SMILES string of the molecule is C#CC#CC#CPC#CC#CC. The maximum absolute atomic E-state index is 4.87. The zero-order valence-corrected chi connectivity index (χ0v) is 7.58. The van der Waals surface area contributed by atoms with E-state index in [1.54, 1.807) is 6.92 Å². The van der Waals surface area contributed by atoms with E-state index in [9.17, 15) is 0 Å². The van der Waals surface area contributed by atoms with E-state index >= 15 is 0 Å². The van der Waals surface area contributed by atoms with Gasteiger partial charge in [-0.25, -0.2) is 0 Å². The Morgan fingerprint density at radius 3 is 2.17 bits per heavy atom. The normalized spacial score (nSPS) is 5.33. The lowest BCUT2D eigenvalue weighted by Gasteiger charge is -1.64. The van der Waals surface area contributed by atoms with Crippen molar-refractivity contribution in [2.75, 3.05) is 0 Å². The predicted octanol–water partition coefficient (Wildman–Crippen LogP) is 1.25. The molecular weight excluding hydrogens is 163 g/mol. The Hall–Kier alpha value is -1.77. The standard InChI is InChI=1S/C11H5P/c1-3-5-7-9-11-12-10-8-6-4-2/h1,12H,2H3. The van der Waals surface area contributed by atoms with Crippen LogP contribution in [0.4, 0.5) is 0 Å². The van der Waals surface area contributed by atoms with Crippen molar-refractivity contribution in [3.63, 3.8) is 0 Å². The summed E-state index contributed by atoms with van der Waals surface area (Å²) in [6.45, 7) is 1.74. The molecule has 0 saturated carbocycles. The van der Waals surface area contributed by atoms with Gasteiger partial charge in [-0.15, -0.1) is 6.42 Å². The van der Waals surface area contributed by atoms with E-state index in [1.807, 2.05) is 0 Å². The summed E-state index contributed by atoms with van der Waals surface area (Å²) in [4.78, 5) is 0. The average Bonchev–Trinajstić information content (AvgIpc) is 2.10. The maximum atomic E-state index is 4.87. The molecule has 0 heterocycles. The van der Waals surface area contributed by atoms with Gasteiger partial charge in [-0.1, -0.05) is 17.2 Å². The van der Waals surface area contributed by atoms with Gasteiger partial charge in [0.05, 0.1) is 0 Å². The molecule has 12 heavy (non-hydrogen) atoms. The molecule has 0 aromatic heterocycles. The average molecular weight is 168 g/mol. The maximum Gasteiger partial charge on any atom is 0.0381 e. The zero-order chi connectivity index (χ0) is 9.07. The van der Waals surface area contributed by atoms with Gasteiger partial charge < -0.3 is 0 Å². The zero-order valence-electron chi connectivity index (χ0n) is 6.58. The molecule has 0 amide bonds. The van der Waals surface area contributed by atoms with Gasteiger partial charge in [0, 0.05) is 8.58 Å². The van der Waals surface area contributed by atoms with Gasteiger partial charge in [0.1, 0.15) is 0 Å². The summed E-state index contributed by atoms with van der Waals surface area (Å²) in [5.74, 6) is 17.5. The molecule has 0 saturated heterocycles. The first-order valence-corrected chi connectivity index (χ1v) is 4.04. The van der Waals surface area contributed by atoms with Gasteiger partial charge >= 0.3 is 0 Å². The molecule has 1 atom stereocenters. The second-order valence-electron chi connectivity index (χ2n) is 1.39. The second-order valence-corrected chi connectivity index (χ2v) is 2.14. The van der Waals surface area contributed by atoms with E-state index in [2.05, 4.69) is 52.8 Å². The molecule has 0 radical (unpaired) electrons. The molecule has 0 nitrogen and oxygen atoms in total. The lowest BCUT2D eigenvalue weighted by molar-refractivity contribution is 1.92. The molecule has 1 unspecified atom stereocenters. The molecule has 0 aromatic carbocycles. The van der Waals surface area contributed by atoms with Gasteiger partial charge in [0.15, 0.2) is 0 Å². The minimum Gasteiger partial charge on any atom is -0.106 e. The van der Waals surface area contributed by atoms with E-state index in [0.717, 1.165) is 0 Å². The van der Waals surface area contributed by atoms with Crippen molar-refractivity contribution in [1.29, 1.82) is 0 Å². The smallest absolute Gasteiger partial charge is 0.0381 e. The monoisotopic (exact) mass is 168 g/mol. The summed E-state index contributed by atoms with van der Waals surface area (Å²) in [6.07, 6.45) is 4.87. The van der Waals surface area contributed by atoms with Crippen LogP contribution in [0.3, 0.4) is 0 Å². The van der Waals surface area contributed by atoms with Crippen molar-refractivity contribution in [1.82, 2.24) is 0 Å². The molecule has 0 aromatic rings. The summed E-state index contributed by atoms with van der Waals surface area (Å²) in [5, 5.41) is 0. The largest absolute Gasteiger partial charge is 0.106 e. The van der Waals surface area contributed by atoms with E-state index in [-0.39, 0.29) is 8.58 Å². The van der Waals surface area contributed by atoms with Crippen molar-refractivity contribution < 1.29 is 0 Å². The van der Waals surface area contributed by atoms with Crippen LogP contribution < -0.4 is 0 Å². The van der Waals surface area contributed by atoms with Gasteiger partial charge in [0.2, 0.25) is 0 Å². The molecule has 0 rings (SSSR count). The first kappa shape index (κ1) is 10.2. The number of hydrogen-bond donors (Lipinski definition) is 0. The topological polar surface area (TPSA) is 0 Å². The fourth-order valence-corrected chi connectivity index (χ4v) is 0.599. The van der Waals surface area contributed by atoms with Crippen LogP contribution in [0.15, 0.2) is 0 Å². The molecule has 0 bridgehead atoms. The lowest BCUT2D eigenvalue weighted by atomic mass is 10.6. The molecule has 0 aliphatic carbocycles. The Balaban J connectivity index is 3.83. The molecule has 0 fully saturated rings. The molecule has 0 spiro atoms. The van der Waals surface area contributed by atoms with E-state index in [1.165, 1.54) is 0 Å². The van der Waals surface area contributed by atoms with Gasteiger partial charge in [-0.2, -0.15) is 0 Å². The van der Waals surface area contributed by atoms with Crippen LogP contribution in [0.2, 0.25) is 0 Å². The number of terminal acetylenes is 1. The first-order valence-electron chi connectivity index (χ1n) is 3.04. The molecule has 0 aliphatic rings. The number of hydrogen-bond acceptors (Lipinski definition) is 0. The van der Waals surface area contributed by atoms with Crippen LogP contribution in [0.5, 0.6) is 0 Å². The van der Waals surface area contributed by atoms with Crippen molar-refractivity contribution in [3.05, 3.63) is 0 Å². The highest BCUT2D eigenvalue weighted by atomic mass is 31.1. The summed E-state index contributed by atoms with van der Waals surface area (Å²) >= 11 is 0. The number of rotatable bonds is 0. The van der Waals surface area contributed by atoms with Gasteiger partial charge in [-0.3, -0.25) is 0 Å². The van der Waals surface area contributed by atoms with Crippen LogP contribution >= 0.6 is 8.58 Å². The van der Waals surface area contributed by atoms with Crippen molar-refractivity contribution in [3.8, 4) is 59.2 Å². The molecular formula is C11H5P. The Bertz CT molecular complexity index is 405. The van der Waals surface area contributed by atoms with Gasteiger partial charge in [0.25, 0.3) is 0 Å². The van der Waals surface area contributed by atoms with E-state index in [4.69, 9.17) is 6.42 Å². The van der Waals surface area contributed by atoms with Crippen molar-refractivity contribution in [2.45, 2.75) is 6.92 Å². The van der Waals surface area contributed by atoms with Crippen LogP contribution in [0, 0.1) is 59.2 Å². The highest BCUT2D eigenvalue weighted by Crippen LogP contribution is 2.00. The van der Waals surface area contributed by atoms with E-state index < -0.39 is 0 Å². The first-order chi connectivity index (χ1) is 5.91. The van der Waals surface area contributed by atoms with Crippen LogP contribution in [0.1, 0.15) is 6.92 Å². The highest BCUT2D eigenvalue weighted by Gasteiger charge is 1.62. The molecule has 54 valence electrons. The van der Waals surface area contributed by atoms with Crippen LogP contribution in [0.25, 0.3) is 0 Å². The fourth-order valence-electron chi connectivity index (χ4n) is 0.286. The Kier molecular flexibility index (Phi) is 7.87. The molecule has 1 heteroatoms. The minimum absolute atomic E-state index is 0.258. The van der Waals surface area contributed by atoms with Crippen LogP contribution in [-0.4, -0.2) is 0 Å². The van der Waals surface area contributed by atoms with Gasteiger partial charge in [-0.05, 0) is 42.4 Å².